The molecular weight excluding hydrogens is 250 g/mol. The molecule has 1 unspecified atom stereocenters. The van der Waals surface area contributed by atoms with Crippen LogP contribution in [0.1, 0.15) is 25.8 Å². The molecule has 0 radical (unpaired) electrons. The molecule has 0 aliphatic carbocycles. The minimum Gasteiger partial charge on any atom is -0.504 e. The summed E-state index contributed by atoms with van der Waals surface area (Å²) in [5, 5.41) is 40.0. The van der Waals surface area contributed by atoms with E-state index in [1.165, 1.54) is 12.1 Å². The van der Waals surface area contributed by atoms with Gasteiger partial charge in [0.1, 0.15) is 6.04 Å². The van der Waals surface area contributed by atoms with Crippen LogP contribution >= 0.6 is 0 Å². The maximum atomic E-state index is 11.0. The van der Waals surface area contributed by atoms with Crippen LogP contribution in [0.4, 0.5) is 0 Å². The van der Waals surface area contributed by atoms with Gasteiger partial charge in [-0.3, -0.25) is 4.79 Å². The van der Waals surface area contributed by atoms with Gasteiger partial charge < -0.3 is 25.7 Å². The maximum absolute atomic E-state index is 11.0. The van der Waals surface area contributed by atoms with Crippen LogP contribution in [-0.4, -0.2) is 32.4 Å². The van der Waals surface area contributed by atoms with Crippen molar-refractivity contribution in [1.29, 1.82) is 0 Å². The molecule has 6 nitrogen and oxygen atoms in total. The van der Waals surface area contributed by atoms with E-state index >= 15 is 0 Å². The van der Waals surface area contributed by atoms with Crippen LogP contribution in [0.5, 0.6) is 17.2 Å². The van der Waals surface area contributed by atoms with E-state index in [1.54, 1.807) is 0 Å². The topological polar surface area (TPSA) is 110 Å². The summed E-state index contributed by atoms with van der Waals surface area (Å²) >= 11 is 0. The van der Waals surface area contributed by atoms with Crippen molar-refractivity contribution in [3.63, 3.8) is 0 Å². The van der Waals surface area contributed by atoms with E-state index in [0.717, 1.165) is 0 Å². The van der Waals surface area contributed by atoms with E-state index in [1.807, 2.05) is 13.8 Å². The Morgan fingerprint density at radius 1 is 1.21 bits per heavy atom. The molecule has 0 aliphatic rings. The smallest absolute Gasteiger partial charge is 0.320 e. The Labute approximate surface area is 111 Å². The summed E-state index contributed by atoms with van der Waals surface area (Å²) in [7, 11) is 0. The lowest BCUT2D eigenvalue weighted by Crippen LogP contribution is -2.37. The van der Waals surface area contributed by atoms with E-state index < -0.39 is 29.3 Å². The number of phenolic OH excluding ortho intramolecular Hbond substituents is 3. The monoisotopic (exact) mass is 269 g/mol. The number of benzene rings is 1. The zero-order chi connectivity index (χ0) is 14.6. The van der Waals surface area contributed by atoms with Crippen molar-refractivity contribution in [1.82, 2.24) is 5.32 Å². The molecule has 0 fully saturated rings. The van der Waals surface area contributed by atoms with Crippen molar-refractivity contribution in [2.75, 3.05) is 0 Å². The van der Waals surface area contributed by atoms with Crippen molar-refractivity contribution >= 4 is 5.97 Å². The van der Waals surface area contributed by atoms with Gasteiger partial charge in [0, 0.05) is 12.1 Å². The molecule has 5 N–H and O–H groups in total. The molecule has 0 saturated heterocycles. The summed E-state index contributed by atoms with van der Waals surface area (Å²) in [5.41, 5.74) is 0.324. The van der Waals surface area contributed by atoms with Crippen LogP contribution in [0.25, 0.3) is 0 Å². The average Bonchev–Trinajstić information content (AvgIpc) is 2.33. The van der Waals surface area contributed by atoms with Gasteiger partial charge in [0.05, 0.1) is 0 Å². The second-order valence-corrected chi connectivity index (χ2v) is 4.84. The molecule has 1 aromatic carbocycles. The lowest BCUT2D eigenvalue weighted by molar-refractivity contribution is -0.140. The van der Waals surface area contributed by atoms with Gasteiger partial charge in [-0.2, -0.15) is 0 Å². The molecular formula is C13H19NO5. The third-order valence-corrected chi connectivity index (χ3v) is 2.76. The highest BCUT2D eigenvalue weighted by Gasteiger charge is 2.19. The summed E-state index contributed by atoms with van der Waals surface area (Å²) in [6, 6.07) is 1.94. The first kappa shape index (κ1) is 15.1. The fraction of sp³-hybridized carbons (Fsp3) is 0.462. The number of carboxylic acid groups (broad SMARTS) is 1. The zero-order valence-electron chi connectivity index (χ0n) is 10.9. The van der Waals surface area contributed by atoms with Crippen molar-refractivity contribution < 1.29 is 25.2 Å². The molecule has 106 valence electrons. The lowest BCUT2D eigenvalue weighted by atomic mass is 10.0. The molecule has 1 atom stereocenters. The normalized spacial score (nSPS) is 12.6. The Balaban J connectivity index is 2.75. The van der Waals surface area contributed by atoms with E-state index in [0.29, 0.717) is 12.0 Å². The predicted octanol–water partition coefficient (Wildman–Crippen LogP) is 1.39. The van der Waals surface area contributed by atoms with Gasteiger partial charge in [-0.1, -0.05) is 19.9 Å². The molecule has 0 heterocycles. The van der Waals surface area contributed by atoms with E-state index in [4.69, 9.17) is 5.11 Å². The van der Waals surface area contributed by atoms with Gasteiger partial charge >= 0.3 is 5.97 Å². The van der Waals surface area contributed by atoms with Crippen molar-refractivity contribution in [2.45, 2.75) is 32.9 Å². The second kappa shape index (κ2) is 6.29. The van der Waals surface area contributed by atoms with Gasteiger partial charge in [-0.15, -0.1) is 0 Å². The Kier molecular flexibility index (Phi) is 5.00. The highest BCUT2D eigenvalue weighted by atomic mass is 16.4. The predicted molar refractivity (Wildman–Crippen MR) is 69.2 cm³/mol. The Bertz CT molecular complexity index is 459. The van der Waals surface area contributed by atoms with Crippen LogP contribution in [0.3, 0.4) is 0 Å². The van der Waals surface area contributed by atoms with Gasteiger partial charge in [-0.25, -0.2) is 0 Å². The standard InChI is InChI=1S/C13H19NO5/c1-7(2)5-9(13(18)19)14-6-8-3-4-10(15)12(17)11(8)16/h3-4,7,9,14-17H,5-6H2,1-2H3,(H,18,19). The Hall–Kier alpha value is -1.95. The van der Waals surface area contributed by atoms with E-state index in [9.17, 15) is 20.1 Å². The minimum atomic E-state index is -0.962. The third-order valence-electron chi connectivity index (χ3n) is 2.76. The summed E-state index contributed by atoms with van der Waals surface area (Å²) < 4.78 is 0. The molecule has 0 bridgehead atoms. The number of carboxylic acids is 1. The van der Waals surface area contributed by atoms with E-state index in [2.05, 4.69) is 5.32 Å². The molecule has 0 aliphatic heterocycles. The summed E-state index contributed by atoms with van der Waals surface area (Å²) in [4.78, 5) is 11.0. The summed E-state index contributed by atoms with van der Waals surface area (Å²) in [6.45, 7) is 3.92. The number of hydrogen-bond donors (Lipinski definition) is 5. The average molecular weight is 269 g/mol. The first-order valence-electron chi connectivity index (χ1n) is 6.01. The third kappa shape index (κ3) is 4.03. The number of nitrogens with one attached hydrogen (secondary N) is 1. The summed E-state index contributed by atoms with van der Waals surface area (Å²) in [6.07, 6.45) is 0.458. The van der Waals surface area contributed by atoms with Gasteiger partial charge in [0.2, 0.25) is 5.75 Å². The number of hydrogen-bond acceptors (Lipinski definition) is 5. The molecule has 0 amide bonds. The molecule has 6 heteroatoms. The van der Waals surface area contributed by atoms with Crippen molar-refractivity contribution in [3.05, 3.63) is 17.7 Å². The second-order valence-electron chi connectivity index (χ2n) is 4.84. The number of aliphatic carboxylic acids is 1. The number of rotatable bonds is 6. The van der Waals surface area contributed by atoms with Crippen LogP contribution in [0.2, 0.25) is 0 Å². The van der Waals surface area contributed by atoms with Gasteiger partial charge in [0.25, 0.3) is 0 Å². The maximum Gasteiger partial charge on any atom is 0.320 e. The summed E-state index contributed by atoms with van der Waals surface area (Å²) in [5.74, 6) is -2.21. The SMILES string of the molecule is CC(C)CC(NCc1ccc(O)c(O)c1O)C(=O)O. The lowest BCUT2D eigenvalue weighted by Gasteiger charge is -2.17. The molecule has 0 saturated carbocycles. The zero-order valence-corrected chi connectivity index (χ0v) is 10.9. The molecule has 19 heavy (non-hydrogen) atoms. The van der Waals surface area contributed by atoms with Crippen molar-refractivity contribution in [3.8, 4) is 17.2 Å². The highest BCUT2D eigenvalue weighted by molar-refractivity contribution is 5.73. The molecule has 1 aromatic rings. The first-order chi connectivity index (χ1) is 8.82. The minimum absolute atomic E-state index is 0.0867. The molecule has 0 aromatic heterocycles. The Morgan fingerprint density at radius 3 is 2.37 bits per heavy atom. The first-order valence-corrected chi connectivity index (χ1v) is 6.01. The van der Waals surface area contributed by atoms with Crippen LogP contribution in [0.15, 0.2) is 12.1 Å². The van der Waals surface area contributed by atoms with Crippen LogP contribution in [-0.2, 0) is 11.3 Å². The highest BCUT2D eigenvalue weighted by Crippen LogP contribution is 2.36. The van der Waals surface area contributed by atoms with Crippen molar-refractivity contribution in [2.24, 2.45) is 5.92 Å². The molecule has 1 rings (SSSR count). The number of phenols is 3. The fourth-order valence-electron chi connectivity index (χ4n) is 1.73. The molecule has 0 spiro atoms. The Morgan fingerprint density at radius 2 is 1.84 bits per heavy atom. The van der Waals surface area contributed by atoms with Crippen LogP contribution < -0.4 is 5.32 Å². The van der Waals surface area contributed by atoms with Gasteiger partial charge in [0.15, 0.2) is 11.5 Å². The fourth-order valence-corrected chi connectivity index (χ4v) is 1.73. The number of aromatic hydroxyl groups is 3. The van der Waals surface area contributed by atoms with Gasteiger partial charge in [-0.05, 0) is 18.4 Å². The quantitative estimate of drug-likeness (QED) is 0.499. The number of carbonyl (C=O) groups is 1. The van der Waals surface area contributed by atoms with Crippen LogP contribution in [0, 0.1) is 5.92 Å². The largest absolute Gasteiger partial charge is 0.504 e. The van der Waals surface area contributed by atoms with E-state index in [-0.39, 0.29) is 12.5 Å².